The fourth-order valence-electron chi connectivity index (χ4n) is 4.07. The van der Waals surface area contributed by atoms with E-state index in [4.69, 9.17) is 21.1 Å². The minimum Gasteiger partial charge on any atom is -0.493 e. The van der Waals surface area contributed by atoms with E-state index in [1.54, 1.807) is 19.3 Å². The van der Waals surface area contributed by atoms with Crippen molar-refractivity contribution in [3.8, 4) is 11.5 Å². The number of hydrazone groups is 1. The van der Waals surface area contributed by atoms with Crippen molar-refractivity contribution in [3.05, 3.63) is 130 Å². The van der Waals surface area contributed by atoms with Crippen LogP contribution in [-0.2, 0) is 11.4 Å². The smallest absolute Gasteiger partial charge is 0.281 e. The van der Waals surface area contributed by atoms with Gasteiger partial charge in [0.15, 0.2) is 11.5 Å². The quantitative estimate of drug-likeness (QED) is 0.251. The first-order valence-electron chi connectivity index (χ1n) is 11.8. The van der Waals surface area contributed by atoms with Gasteiger partial charge >= 0.3 is 0 Å². The van der Waals surface area contributed by atoms with Crippen molar-refractivity contribution in [3.63, 3.8) is 0 Å². The molecule has 0 aromatic heterocycles. The highest BCUT2D eigenvalue weighted by atomic mass is 35.5. The summed E-state index contributed by atoms with van der Waals surface area (Å²) in [6, 6.07) is 30.7. The number of hydrogen-bond donors (Lipinski definition) is 0. The Hall–Kier alpha value is -4.35. The van der Waals surface area contributed by atoms with E-state index in [0.717, 1.165) is 11.1 Å². The molecule has 0 unspecified atom stereocenters. The Bertz CT molecular complexity index is 1480. The average Bonchev–Trinajstić information content (AvgIpc) is 3.25. The van der Waals surface area contributed by atoms with Crippen LogP contribution in [0.4, 0.5) is 5.69 Å². The van der Waals surface area contributed by atoms with E-state index in [1.807, 2.05) is 97.9 Å². The van der Waals surface area contributed by atoms with Crippen molar-refractivity contribution in [2.75, 3.05) is 12.1 Å². The number of rotatable bonds is 7. The van der Waals surface area contributed by atoms with Crippen molar-refractivity contribution in [1.29, 1.82) is 0 Å². The van der Waals surface area contributed by atoms with E-state index >= 15 is 0 Å². The minimum atomic E-state index is -0.222. The van der Waals surface area contributed by atoms with Gasteiger partial charge in [-0.2, -0.15) is 10.1 Å². The number of methoxy groups -OCH3 is 1. The van der Waals surface area contributed by atoms with E-state index in [1.165, 1.54) is 10.6 Å². The molecular formula is C31H25ClN2O3. The maximum Gasteiger partial charge on any atom is 0.281 e. The lowest BCUT2D eigenvalue weighted by molar-refractivity contribution is -0.114. The maximum atomic E-state index is 13.5. The van der Waals surface area contributed by atoms with Crippen molar-refractivity contribution < 1.29 is 14.3 Å². The van der Waals surface area contributed by atoms with Crippen LogP contribution >= 0.6 is 11.6 Å². The lowest BCUT2D eigenvalue weighted by atomic mass is 10.00. The molecule has 0 aliphatic carbocycles. The van der Waals surface area contributed by atoms with Crippen molar-refractivity contribution >= 4 is 35.0 Å². The molecule has 184 valence electrons. The van der Waals surface area contributed by atoms with Gasteiger partial charge in [0.2, 0.25) is 0 Å². The lowest BCUT2D eigenvalue weighted by Crippen LogP contribution is -2.21. The van der Waals surface area contributed by atoms with Crippen LogP contribution in [0.25, 0.3) is 6.08 Å². The summed E-state index contributed by atoms with van der Waals surface area (Å²) in [5.41, 5.74) is 5.49. The number of halogens is 1. The summed E-state index contributed by atoms with van der Waals surface area (Å²) in [4.78, 5) is 13.5. The van der Waals surface area contributed by atoms with Crippen molar-refractivity contribution in [1.82, 2.24) is 0 Å². The van der Waals surface area contributed by atoms with E-state index in [2.05, 4.69) is 5.10 Å². The van der Waals surface area contributed by atoms with Crippen LogP contribution in [0.2, 0.25) is 5.02 Å². The van der Waals surface area contributed by atoms with Crippen molar-refractivity contribution in [2.45, 2.75) is 13.5 Å². The van der Waals surface area contributed by atoms with Gasteiger partial charge in [0.1, 0.15) is 12.3 Å². The number of amides is 1. The Kier molecular flexibility index (Phi) is 7.06. The minimum absolute atomic E-state index is 0.222. The molecule has 4 aromatic rings. The molecule has 1 aliphatic rings. The Morgan fingerprint density at radius 1 is 0.919 bits per heavy atom. The highest BCUT2D eigenvalue weighted by molar-refractivity contribution is 6.37. The zero-order chi connectivity index (χ0) is 25.8. The maximum absolute atomic E-state index is 13.5. The number of nitrogens with zero attached hydrogens (tertiary/aromatic N) is 2. The number of para-hydroxylation sites is 1. The second-order valence-corrected chi connectivity index (χ2v) is 9.04. The predicted octanol–water partition coefficient (Wildman–Crippen LogP) is 7.07. The molecule has 1 amide bonds. The molecule has 6 heteroatoms. The van der Waals surface area contributed by atoms with Gasteiger partial charge < -0.3 is 9.47 Å². The van der Waals surface area contributed by atoms with Crippen LogP contribution in [0, 0.1) is 6.92 Å². The van der Waals surface area contributed by atoms with E-state index in [0.29, 0.717) is 45.7 Å². The topological polar surface area (TPSA) is 51.1 Å². The van der Waals surface area contributed by atoms with Gasteiger partial charge in [-0.05, 0) is 48.4 Å². The third-order valence-electron chi connectivity index (χ3n) is 5.99. The van der Waals surface area contributed by atoms with Crippen molar-refractivity contribution in [2.24, 2.45) is 5.10 Å². The van der Waals surface area contributed by atoms with Crippen LogP contribution in [0.15, 0.2) is 108 Å². The Balaban J connectivity index is 1.50. The molecule has 5 nitrogen and oxygen atoms in total. The van der Waals surface area contributed by atoms with E-state index < -0.39 is 0 Å². The molecule has 5 rings (SSSR count). The summed E-state index contributed by atoms with van der Waals surface area (Å²) in [7, 11) is 1.57. The first-order chi connectivity index (χ1) is 18.0. The molecular weight excluding hydrogens is 484 g/mol. The molecule has 0 saturated heterocycles. The highest BCUT2D eigenvalue weighted by Gasteiger charge is 2.32. The number of ether oxygens (including phenoxy) is 2. The first-order valence-corrected chi connectivity index (χ1v) is 12.2. The predicted molar refractivity (Wildman–Crippen MR) is 148 cm³/mol. The molecule has 4 aromatic carbocycles. The second kappa shape index (κ2) is 10.7. The number of carbonyl (C=O) groups excluding carboxylic acids is 1. The average molecular weight is 509 g/mol. The monoisotopic (exact) mass is 508 g/mol. The van der Waals surface area contributed by atoms with Gasteiger partial charge in [-0.15, -0.1) is 0 Å². The molecule has 0 N–H and O–H groups in total. The number of carbonyl (C=O) groups is 1. The number of hydrogen-bond acceptors (Lipinski definition) is 4. The van der Waals surface area contributed by atoms with E-state index in [-0.39, 0.29) is 5.91 Å². The molecule has 37 heavy (non-hydrogen) atoms. The number of aryl methyl sites for hydroxylation is 1. The summed E-state index contributed by atoms with van der Waals surface area (Å²) in [5.74, 6) is 0.711. The van der Waals surface area contributed by atoms with Gasteiger partial charge in [0.25, 0.3) is 5.91 Å². The molecule has 0 spiro atoms. The van der Waals surface area contributed by atoms with Crippen LogP contribution in [0.5, 0.6) is 11.5 Å². The van der Waals surface area contributed by atoms with Crippen LogP contribution in [-0.4, -0.2) is 18.7 Å². The van der Waals surface area contributed by atoms with Gasteiger partial charge in [-0.25, -0.2) is 0 Å². The highest BCUT2D eigenvalue weighted by Crippen LogP contribution is 2.38. The summed E-state index contributed by atoms with van der Waals surface area (Å²) < 4.78 is 11.6. The van der Waals surface area contributed by atoms with Gasteiger partial charge in [-0.1, -0.05) is 90.0 Å². The summed E-state index contributed by atoms with van der Waals surface area (Å²) in [6.45, 7) is 2.39. The van der Waals surface area contributed by atoms with Crippen LogP contribution in [0.3, 0.4) is 0 Å². The van der Waals surface area contributed by atoms with Crippen LogP contribution in [0.1, 0.15) is 22.3 Å². The van der Waals surface area contributed by atoms with Gasteiger partial charge in [0, 0.05) is 5.56 Å². The molecule has 1 aliphatic heterocycles. The second-order valence-electron chi connectivity index (χ2n) is 8.63. The third-order valence-corrected chi connectivity index (χ3v) is 6.27. The summed E-state index contributed by atoms with van der Waals surface area (Å²) in [5, 5.41) is 6.50. The third kappa shape index (κ3) is 5.27. The number of benzene rings is 4. The Labute approximate surface area is 221 Å². The zero-order valence-corrected chi connectivity index (χ0v) is 21.3. The summed E-state index contributed by atoms with van der Waals surface area (Å²) in [6.07, 6.45) is 1.79. The molecule has 0 bridgehead atoms. The molecule has 1 heterocycles. The van der Waals surface area contributed by atoms with Gasteiger partial charge in [-0.3, -0.25) is 4.79 Å². The molecule has 0 atom stereocenters. The summed E-state index contributed by atoms with van der Waals surface area (Å²) >= 11 is 6.64. The standard InChI is InChI=1S/C31H25ClN2O3/c1-21-13-15-22(16-14-21)20-37-30-27(32)18-23(19-28(30)36-2)17-26-29(24-9-5-3-6-10-24)33-34(31(26)35)25-11-7-4-8-12-25/h3-19H,20H2,1-2H3/b26-17-. The molecule has 0 saturated carbocycles. The largest absolute Gasteiger partial charge is 0.493 e. The first kappa shape index (κ1) is 24.3. The fraction of sp³-hybridized carbons (Fsp3) is 0.0968. The van der Waals surface area contributed by atoms with E-state index in [9.17, 15) is 4.79 Å². The number of anilines is 1. The lowest BCUT2D eigenvalue weighted by Gasteiger charge is -2.14. The van der Waals surface area contributed by atoms with Crippen LogP contribution < -0.4 is 14.5 Å². The Morgan fingerprint density at radius 3 is 2.27 bits per heavy atom. The normalized spacial score (nSPS) is 14.1. The SMILES string of the molecule is COc1cc(/C=C2\C(=O)N(c3ccccc3)N=C2c2ccccc2)cc(Cl)c1OCc1ccc(C)cc1. The van der Waals surface area contributed by atoms with Gasteiger partial charge in [0.05, 0.1) is 23.4 Å². The Morgan fingerprint density at radius 2 is 1.59 bits per heavy atom. The fourth-order valence-corrected chi connectivity index (χ4v) is 4.34. The molecule has 0 fully saturated rings. The molecule has 0 radical (unpaired) electrons. The zero-order valence-electron chi connectivity index (χ0n) is 20.5.